The predicted molar refractivity (Wildman–Crippen MR) is 161 cm³/mol. The highest BCUT2D eigenvalue weighted by Gasteiger charge is 2.34. The fourth-order valence-corrected chi connectivity index (χ4v) is 5.92. The van der Waals surface area contributed by atoms with Crippen molar-refractivity contribution in [3.05, 3.63) is 106 Å². The van der Waals surface area contributed by atoms with Gasteiger partial charge in [0.25, 0.3) is 5.91 Å². The zero-order chi connectivity index (χ0) is 29.4. The molecule has 1 N–H and O–H groups in total. The van der Waals surface area contributed by atoms with Crippen LogP contribution in [-0.4, -0.2) is 45.5 Å². The number of methoxy groups -OCH3 is 1. The summed E-state index contributed by atoms with van der Waals surface area (Å²) in [5.74, 6) is 0.954. The number of aryl methyl sites for hydroxylation is 1. The summed E-state index contributed by atoms with van der Waals surface area (Å²) in [6.45, 7) is 4.49. The van der Waals surface area contributed by atoms with Crippen molar-refractivity contribution in [1.29, 1.82) is 0 Å². The van der Waals surface area contributed by atoms with Gasteiger partial charge < -0.3 is 23.9 Å². The van der Waals surface area contributed by atoms with Crippen LogP contribution in [0.2, 0.25) is 0 Å². The molecule has 10 heteroatoms. The number of carboxylic acids is 1. The molecular formula is C32H27N3O6S. The molecule has 1 fully saturated rings. The lowest BCUT2D eigenvalue weighted by molar-refractivity contribution is -0.122. The maximum Gasteiger partial charge on any atom is 0.335 e. The van der Waals surface area contributed by atoms with Gasteiger partial charge in [0.1, 0.15) is 5.75 Å². The number of thioether (sulfide) groups is 1. The number of hydrogen-bond acceptors (Lipinski definition) is 7. The SMILES string of the molecule is COc1ccc(N=C2S/C(=C\c3cc(C)n(-c4ccc5c(c4)OCO5)c3C)C(=O)N2Cc2ccc(C(=O)O)cc2)cc1. The molecule has 2 aliphatic heterocycles. The number of aliphatic imine (C=N–C) groups is 1. The van der Waals surface area contributed by atoms with Crippen molar-refractivity contribution in [3.63, 3.8) is 0 Å². The number of benzene rings is 3. The fourth-order valence-electron chi connectivity index (χ4n) is 4.93. The monoisotopic (exact) mass is 581 g/mol. The van der Waals surface area contributed by atoms with Gasteiger partial charge in [-0.15, -0.1) is 0 Å². The minimum Gasteiger partial charge on any atom is -0.497 e. The molecule has 0 unspecified atom stereocenters. The van der Waals surface area contributed by atoms with E-state index < -0.39 is 5.97 Å². The first-order chi connectivity index (χ1) is 20.3. The van der Waals surface area contributed by atoms with E-state index in [1.54, 1.807) is 24.1 Å². The van der Waals surface area contributed by atoms with E-state index in [1.165, 1.54) is 23.9 Å². The third-order valence-electron chi connectivity index (χ3n) is 7.10. The molecule has 2 aliphatic rings. The number of aromatic nitrogens is 1. The summed E-state index contributed by atoms with van der Waals surface area (Å²) in [5.41, 5.74) is 5.50. The number of fused-ring (bicyclic) bond motifs is 1. The van der Waals surface area contributed by atoms with Crippen LogP contribution in [0.5, 0.6) is 17.2 Å². The number of ether oxygens (including phenoxy) is 3. The largest absolute Gasteiger partial charge is 0.497 e. The molecule has 0 atom stereocenters. The maximum atomic E-state index is 13.8. The number of amidine groups is 1. The quantitative estimate of drug-likeness (QED) is 0.254. The number of hydrogen-bond donors (Lipinski definition) is 1. The summed E-state index contributed by atoms with van der Waals surface area (Å²) >= 11 is 1.31. The van der Waals surface area contributed by atoms with E-state index in [9.17, 15) is 14.7 Å². The summed E-state index contributed by atoms with van der Waals surface area (Å²) in [6, 6.07) is 21.7. The molecule has 0 spiro atoms. The molecule has 42 heavy (non-hydrogen) atoms. The molecule has 1 saturated heterocycles. The van der Waals surface area contributed by atoms with E-state index in [0.717, 1.165) is 34.0 Å². The van der Waals surface area contributed by atoms with Gasteiger partial charge in [0.15, 0.2) is 16.7 Å². The van der Waals surface area contributed by atoms with Gasteiger partial charge in [-0.05, 0) is 97.4 Å². The molecule has 0 bridgehead atoms. The molecular weight excluding hydrogens is 554 g/mol. The maximum absolute atomic E-state index is 13.8. The van der Waals surface area contributed by atoms with Gasteiger partial charge in [-0.1, -0.05) is 12.1 Å². The zero-order valence-electron chi connectivity index (χ0n) is 23.2. The summed E-state index contributed by atoms with van der Waals surface area (Å²) < 4.78 is 18.4. The summed E-state index contributed by atoms with van der Waals surface area (Å²) in [7, 11) is 1.60. The van der Waals surface area contributed by atoms with E-state index in [4.69, 9.17) is 19.2 Å². The average Bonchev–Trinajstić information content (AvgIpc) is 3.65. The van der Waals surface area contributed by atoms with Crippen molar-refractivity contribution in [2.75, 3.05) is 13.9 Å². The highest BCUT2D eigenvalue weighted by Crippen LogP contribution is 2.38. The second-order valence-electron chi connectivity index (χ2n) is 9.80. The van der Waals surface area contributed by atoms with Crippen LogP contribution >= 0.6 is 11.8 Å². The van der Waals surface area contributed by atoms with Gasteiger partial charge in [-0.3, -0.25) is 9.69 Å². The molecule has 3 aromatic carbocycles. The smallest absolute Gasteiger partial charge is 0.335 e. The normalized spacial score (nSPS) is 16.1. The Balaban J connectivity index is 1.35. The summed E-state index contributed by atoms with van der Waals surface area (Å²) in [4.78, 5) is 32.0. The van der Waals surface area contributed by atoms with E-state index >= 15 is 0 Å². The standard InChI is InChI=1S/C32H27N3O6S/c1-19-14-23(20(2)35(19)25-10-13-27-28(16-25)41-18-40-27)15-29-30(36)34(17-21-4-6-22(7-5-21)31(37)38)32(42-29)33-24-8-11-26(39-3)12-9-24/h4-16H,17-18H2,1-3H3,(H,37,38)/b29-15-,33-32?. The van der Waals surface area contributed by atoms with E-state index in [-0.39, 0.29) is 24.8 Å². The lowest BCUT2D eigenvalue weighted by atomic mass is 10.1. The molecule has 0 aliphatic carbocycles. The number of aromatic carboxylic acids is 1. The second-order valence-corrected chi connectivity index (χ2v) is 10.8. The number of carboxylic acid groups (broad SMARTS) is 1. The van der Waals surface area contributed by atoms with Crippen molar-refractivity contribution < 1.29 is 28.9 Å². The number of amides is 1. The minimum absolute atomic E-state index is 0.178. The topological polar surface area (TPSA) is 103 Å². The number of carbonyl (C=O) groups excluding carboxylic acids is 1. The Labute approximate surface area is 246 Å². The average molecular weight is 582 g/mol. The van der Waals surface area contributed by atoms with Crippen LogP contribution in [0.4, 0.5) is 5.69 Å². The minimum atomic E-state index is -1.00. The van der Waals surface area contributed by atoms with Crippen LogP contribution in [0, 0.1) is 13.8 Å². The first kappa shape index (κ1) is 27.2. The summed E-state index contributed by atoms with van der Waals surface area (Å²) in [6.07, 6.45) is 1.90. The van der Waals surface area contributed by atoms with Crippen LogP contribution in [0.1, 0.15) is 32.9 Å². The lowest BCUT2D eigenvalue weighted by Crippen LogP contribution is -2.28. The third-order valence-corrected chi connectivity index (χ3v) is 8.10. The Morgan fingerprint density at radius 3 is 2.48 bits per heavy atom. The molecule has 6 rings (SSSR count). The Morgan fingerprint density at radius 2 is 1.76 bits per heavy atom. The number of rotatable bonds is 7. The Hall–Kier alpha value is -4.96. The third kappa shape index (κ3) is 5.24. The van der Waals surface area contributed by atoms with Crippen LogP contribution in [0.3, 0.4) is 0 Å². The highest BCUT2D eigenvalue weighted by atomic mass is 32.2. The van der Waals surface area contributed by atoms with E-state index in [0.29, 0.717) is 27.3 Å². The fraction of sp³-hybridized carbons (Fsp3) is 0.156. The van der Waals surface area contributed by atoms with Crippen molar-refractivity contribution in [1.82, 2.24) is 9.47 Å². The molecule has 0 saturated carbocycles. The lowest BCUT2D eigenvalue weighted by Gasteiger charge is -2.16. The molecule has 3 heterocycles. The van der Waals surface area contributed by atoms with Crippen LogP contribution < -0.4 is 14.2 Å². The van der Waals surface area contributed by atoms with Crippen LogP contribution in [0.15, 0.2) is 82.7 Å². The Morgan fingerprint density at radius 1 is 1.02 bits per heavy atom. The van der Waals surface area contributed by atoms with E-state index in [1.807, 2.05) is 68.5 Å². The van der Waals surface area contributed by atoms with Gasteiger partial charge in [0, 0.05) is 23.1 Å². The Kier molecular flexibility index (Phi) is 7.22. The zero-order valence-corrected chi connectivity index (χ0v) is 24.0. The predicted octanol–water partition coefficient (Wildman–Crippen LogP) is 6.33. The van der Waals surface area contributed by atoms with Crippen molar-refractivity contribution in [2.24, 2.45) is 4.99 Å². The van der Waals surface area contributed by atoms with Crippen molar-refractivity contribution in [2.45, 2.75) is 20.4 Å². The van der Waals surface area contributed by atoms with Gasteiger partial charge in [0.05, 0.1) is 29.8 Å². The molecule has 212 valence electrons. The van der Waals surface area contributed by atoms with Crippen LogP contribution in [-0.2, 0) is 11.3 Å². The molecule has 4 aromatic rings. The van der Waals surface area contributed by atoms with Crippen LogP contribution in [0.25, 0.3) is 11.8 Å². The highest BCUT2D eigenvalue weighted by molar-refractivity contribution is 8.18. The first-order valence-electron chi connectivity index (χ1n) is 13.2. The number of nitrogens with zero attached hydrogens (tertiary/aromatic N) is 3. The van der Waals surface area contributed by atoms with Gasteiger partial charge in [-0.25, -0.2) is 9.79 Å². The molecule has 0 radical (unpaired) electrons. The molecule has 1 amide bonds. The summed E-state index contributed by atoms with van der Waals surface area (Å²) in [5, 5.41) is 9.79. The number of carbonyl (C=O) groups is 2. The van der Waals surface area contributed by atoms with Crippen molar-refractivity contribution >= 4 is 40.6 Å². The molecule has 1 aromatic heterocycles. The first-order valence-corrected chi connectivity index (χ1v) is 14.0. The van der Waals surface area contributed by atoms with Crippen molar-refractivity contribution in [3.8, 4) is 22.9 Å². The Bertz CT molecular complexity index is 1760. The van der Waals surface area contributed by atoms with Gasteiger partial charge in [-0.2, -0.15) is 0 Å². The molecule has 9 nitrogen and oxygen atoms in total. The second kappa shape index (κ2) is 11.1. The van der Waals surface area contributed by atoms with Gasteiger partial charge in [0.2, 0.25) is 6.79 Å². The van der Waals surface area contributed by atoms with E-state index in [2.05, 4.69) is 4.57 Å². The van der Waals surface area contributed by atoms with Gasteiger partial charge >= 0.3 is 5.97 Å².